The Morgan fingerprint density at radius 1 is 1.25 bits per heavy atom. The summed E-state index contributed by atoms with van der Waals surface area (Å²) in [7, 11) is -3.81. The van der Waals surface area contributed by atoms with Gasteiger partial charge in [-0.25, -0.2) is 8.42 Å². The molecule has 1 aliphatic heterocycles. The molecule has 1 aromatic rings. The minimum absolute atomic E-state index is 0.0851. The van der Waals surface area contributed by atoms with E-state index >= 15 is 0 Å². The molecule has 1 heterocycles. The highest BCUT2D eigenvalue weighted by Crippen LogP contribution is 2.24. The Hall–Kier alpha value is -1.59. The number of hydrogen-bond acceptors (Lipinski definition) is 7. The molecule has 10 heteroatoms. The van der Waals surface area contributed by atoms with Gasteiger partial charge in [-0.1, -0.05) is 0 Å². The first-order valence-electron chi connectivity index (χ1n) is 7.51. The van der Waals surface area contributed by atoms with Crippen LogP contribution < -0.4 is 0 Å². The van der Waals surface area contributed by atoms with Crippen LogP contribution in [0.1, 0.15) is 5.56 Å². The van der Waals surface area contributed by atoms with E-state index in [2.05, 4.69) is 0 Å². The molecular formula is C14H21N3O6S. The Morgan fingerprint density at radius 3 is 2.42 bits per heavy atom. The van der Waals surface area contributed by atoms with E-state index in [1.54, 1.807) is 6.92 Å². The zero-order valence-corrected chi connectivity index (χ0v) is 14.1. The lowest BCUT2D eigenvalue weighted by atomic mass is 10.2. The number of aliphatic hydroxyl groups is 2. The Bertz CT molecular complexity index is 700. The van der Waals surface area contributed by atoms with Crippen LogP contribution in [0.3, 0.4) is 0 Å². The smallest absolute Gasteiger partial charge is 0.271 e. The molecule has 0 amide bonds. The van der Waals surface area contributed by atoms with Crippen molar-refractivity contribution in [1.82, 2.24) is 9.21 Å². The van der Waals surface area contributed by atoms with Gasteiger partial charge in [-0.3, -0.25) is 15.0 Å². The first-order valence-corrected chi connectivity index (χ1v) is 8.95. The third-order valence-corrected chi connectivity index (χ3v) is 5.77. The fourth-order valence-corrected chi connectivity index (χ4v) is 4.19. The predicted octanol–water partition coefficient (Wildman–Crippen LogP) is -0.437. The largest absolute Gasteiger partial charge is 0.394 e. The van der Waals surface area contributed by atoms with Crippen LogP contribution in [0.5, 0.6) is 0 Å². The van der Waals surface area contributed by atoms with Gasteiger partial charge in [0.15, 0.2) is 0 Å². The van der Waals surface area contributed by atoms with Crippen LogP contribution >= 0.6 is 0 Å². The second kappa shape index (κ2) is 7.53. The summed E-state index contributed by atoms with van der Waals surface area (Å²) in [4.78, 5) is 12.1. The van der Waals surface area contributed by atoms with Gasteiger partial charge in [0, 0.05) is 44.9 Å². The summed E-state index contributed by atoms with van der Waals surface area (Å²) in [5, 5.41) is 29.2. The normalized spacial score (nSPS) is 18.5. The number of aryl methyl sites for hydroxylation is 1. The molecule has 24 heavy (non-hydrogen) atoms. The molecule has 0 aliphatic carbocycles. The molecule has 0 radical (unpaired) electrons. The molecule has 0 bridgehead atoms. The van der Waals surface area contributed by atoms with E-state index in [9.17, 15) is 23.6 Å². The van der Waals surface area contributed by atoms with Gasteiger partial charge >= 0.3 is 0 Å². The van der Waals surface area contributed by atoms with E-state index in [0.29, 0.717) is 18.7 Å². The van der Waals surface area contributed by atoms with E-state index in [-0.39, 0.29) is 36.8 Å². The number of piperazine rings is 1. The Morgan fingerprint density at radius 2 is 1.88 bits per heavy atom. The number of sulfonamides is 1. The number of benzene rings is 1. The lowest BCUT2D eigenvalue weighted by Crippen LogP contribution is -2.50. The third-order valence-electron chi connectivity index (χ3n) is 3.90. The Balaban J connectivity index is 2.13. The predicted molar refractivity (Wildman–Crippen MR) is 86.1 cm³/mol. The summed E-state index contributed by atoms with van der Waals surface area (Å²) >= 11 is 0. The SMILES string of the molecule is Cc1cc([N+](=O)[O-])cc(S(=O)(=O)N2CCN(CC(O)CO)CC2)c1. The Kier molecular flexibility index (Phi) is 5.88. The number of hydrogen-bond donors (Lipinski definition) is 2. The van der Waals surface area contributed by atoms with Crippen LogP contribution in [0.15, 0.2) is 23.1 Å². The number of nitro groups is 1. The van der Waals surface area contributed by atoms with Crippen LogP contribution in [0.2, 0.25) is 0 Å². The minimum Gasteiger partial charge on any atom is -0.394 e. The second-order valence-corrected chi connectivity index (χ2v) is 7.74. The van der Waals surface area contributed by atoms with Crippen LogP contribution in [-0.4, -0.2) is 78.2 Å². The van der Waals surface area contributed by atoms with Gasteiger partial charge in [-0.2, -0.15) is 4.31 Å². The standard InChI is InChI=1S/C14H21N3O6S/c1-11-6-12(17(20)21)8-14(7-11)24(22,23)16-4-2-15(3-5-16)9-13(19)10-18/h6-8,13,18-19H,2-5,9-10H2,1H3. The number of rotatable bonds is 6. The average Bonchev–Trinajstić information content (AvgIpc) is 2.54. The topological polar surface area (TPSA) is 124 Å². The number of β-amino-alcohol motifs (C(OH)–C–C–N with tert-alkyl or cyclic N) is 1. The molecule has 1 aliphatic rings. The van der Waals surface area contributed by atoms with E-state index < -0.39 is 21.1 Å². The van der Waals surface area contributed by atoms with Crippen molar-refractivity contribution in [2.24, 2.45) is 0 Å². The number of nitro benzene ring substituents is 1. The average molecular weight is 359 g/mol. The monoisotopic (exact) mass is 359 g/mol. The lowest BCUT2D eigenvalue weighted by molar-refractivity contribution is -0.385. The summed E-state index contributed by atoms with van der Waals surface area (Å²) in [5.74, 6) is 0. The molecule has 9 nitrogen and oxygen atoms in total. The van der Waals surface area contributed by atoms with Gasteiger partial charge < -0.3 is 10.2 Å². The molecule has 1 atom stereocenters. The summed E-state index contributed by atoms with van der Waals surface area (Å²) < 4.78 is 26.7. The zero-order valence-electron chi connectivity index (χ0n) is 13.3. The van der Waals surface area contributed by atoms with Crippen LogP contribution in [0.4, 0.5) is 5.69 Å². The van der Waals surface area contributed by atoms with Gasteiger partial charge in [0.2, 0.25) is 10.0 Å². The highest BCUT2D eigenvalue weighted by molar-refractivity contribution is 7.89. The molecule has 2 N–H and O–H groups in total. The van der Waals surface area contributed by atoms with E-state index in [1.807, 2.05) is 4.90 Å². The van der Waals surface area contributed by atoms with E-state index in [1.165, 1.54) is 16.4 Å². The highest BCUT2D eigenvalue weighted by atomic mass is 32.2. The van der Waals surface area contributed by atoms with Crippen molar-refractivity contribution >= 4 is 15.7 Å². The van der Waals surface area contributed by atoms with E-state index in [4.69, 9.17) is 5.11 Å². The summed E-state index contributed by atoms with van der Waals surface area (Å²) in [6.07, 6.45) is -0.854. The van der Waals surface area contributed by atoms with Gasteiger partial charge in [-0.15, -0.1) is 0 Å². The fourth-order valence-electron chi connectivity index (χ4n) is 2.64. The van der Waals surface area contributed by atoms with Crippen molar-refractivity contribution in [1.29, 1.82) is 0 Å². The summed E-state index contributed by atoms with van der Waals surface area (Å²) in [6, 6.07) is 3.82. The first-order chi connectivity index (χ1) is 11.2. The molecule has 1 unspecified atom stereocenters. The number of non-ortho nitro benzene ring substituents is 1. The second-order valence-electron chi connectivity index (χ2n) is 5.80. The zero-order chi connectivity index (χ0) is 17.9. The lowest BCUT2D eigenvalue weighted by Gasteiger charge is -2.34. The molecule has 0 saturated carbocycles. The quantitative estimate of drug-likeness (QED) is 0.521. The fraction of sp³-hybridized carbons (Fsp3) is 0.571. The number of aliphatic hydroxyl groups excluding tert-OH is 2. The molecule has 0 spiro atoms. The maximum absolute atomic E-state index is 12.7. The van der Waals surface area contributed by atoms with Gasteiger partial charge in [0.25, 0.3) is 5.69 Å². The van der Waals surface area contributed by atoms with Crippen molar-refractivity contribution < 1.29 is 23.6 Å². The molecule has 134 valence electrons. The maximum Gasteiger partial charge on any atom is 0.271 e. The van der Waals surface area contributed by atoms with Crippen molar-refractivity contribution in [3.63, 3.8) is 0 Å². The van der Waals surface area contributed by atoms with Crippen molar-refractivity contribution in [2.45, 2.75) is 17.9 Å². The molecule has 1 fully saturated rings. The van der Waals surface area contributed by atoms with Crippen molar-refractivity contribution in [2.75, 3.05) is 39.3 Å². The van der Waals surface area contributed by atoms with Crippen molar-refractivity contribution in [3.8, 4) is 0 Å². The third kappa shape index (κ3) is 4.28. The van der Waals surface area contributed by atoms with Crippen LogP contribution in [0.25, 0.3) is 0 Å². The van der Waals surface area contributed by atoms with Crippen LogP contribution in [0, 0.1) is 17.0 Å². The van der Waals surface area contributed by atoms with Crippen LogP contribution in [-0.2, 0) is 10.0 Å². The van der Waals surface area contributed by atoms with Gasteiger partial charge in [0.1, 0.15) is 0 Å². The maximum atomic E-state index is 12.7. The first kappa shape index (κ1) is 18.7. The molecule has 2 rings (SSSR count). The summed E-state index contributed by atoms with van der Waals surface area (Å²) in [6.45, 7) is 2.84. The molecular weight excluding hydrogens is 338 g/mol. The molecule has 1 aromatic carbocycles. The number of nitrogens with zero attached hydrogens (tertiary/aromatic N) is 3. The van der Waals surface area contributed by atoms with Gasteiger partial charge in [0.05, 0.1) is 22.5 Å². The molecule has 0 aromatic heterocycles. The highest BCUT2D eigenvalue weighted by Gasteiger charge is 2.30. The van der Waals surface area contributed by atoms with E-state index in [0.717, 1.165) is 6.07 Å². The molecule has 1 saturated heterocycles. The minimum atomic E-state index is -3.81. The summed E-state index contributed by atoms with van der Waals surface area (Å²) in [5.41, 5.74) is 0.255. The van der Waals surface area contributed by atoms with Gasteiger partial charge in [-0.05, 0) is 18.6 Å². The Labute approximate surface area is 140 Å². The van der Waals surface area contributed by atoms with Crippen molar-refractivity contribution in [3.05, 3.63) is 33.9 Å².